The van der Waals surface area contributed by atoms with E-state index in [0.717, 1.165) is 10.6 Å². The molecule has 0 unspecified atom stereocenters. The van der Waals surface area contributed by atoms with E-state index in [1.807, 2.05) is 12.1 Å². The third-order valence-electron chi connectivity index (χ3n) is 3.09. The number of nitrogen functional groups attached to an aromatic ring is 1. The lowest BCUT2D eigenvalue weighted by atomic mass is 10.0. The van der Waals surface area contributed by atoms with Crippen LogP contribution in [0.3, 0.4) is 0 Å². The van der Waals surface area contributed by atoms with Gasteiger partial charge in [-0.05, 0) is 41.8 Å². The number of hydrogen-bond acceptors (Lipinski definition) is 3. The molecule has 0 aromatic heterocycles. The molecule has 2 rings (SSSR count). The minimum absolute atomic E-state index is 0.0291. The summed E-state index contributed by atoms with van der Waals surface area (Å²) in [6, 6.07) is 15.5. The highest BCUT2D eigenvalue weighted by molar-refractivity contribution is 8.00. The molecule has 3 N–H and O–H groups in total. The van der Waals surface area contributed by atoms with Crippen LogP contribution in [0, 0.1) is 0 Å². The number of benzene rings is 2. The van der Waals surface area contributed by atoms with Crippen molar-refractivity contribution in [2.45, 2.75) is 24.7 Å². The van der Waals surface area contributed by atoms with Crippen molar-refractivity contribution >= 4 is 29.0 Å². The van der Waals surface area contributed by atoms with Crippen molar-refractivity contribution in [1.82, 2.24) is 0 Å². The van der Waals surface area contributed by atoms with E-state index in [9.17, 15) is 4.79 Å². The van der Waals surface area contributed by atoms with E-state index in [1.165, 1.54) is 17.3 Å². The van der Waals surface area contributed by atoms with Crippen LogP contribution in [-0.2, 0) is 4.79 Å². The monoisotopic (exact) mass is 300 g/mol. The van der Waals surface area contributed by atoms with Crippen molar-refractivity contribution in [1.29, 1.82) is 0 Å². The molecule has 0 bridgehead atoms. The lowest BCUT2D eigenvalue weighted by Crippen LogP contribution is -2.14. The summed E-state index contributed by atoms with van der Waals surface area (Å²) in [6.07, 6.45) is 0. The summed E-state index contributed by atoms with van der Waals surface area (Å²) in [5, 5.41) is 2.84. The highest BCUT2D eigenvalue weighted by Crippen LogP contribution is 2.22. The van der Waals surface area contributed by atoms with Gasteiger partial charge in [0.15, 0.2) is 0 Å². The van der Waals surface area contributed by atoms with Gasteiger partial charge < -0.3 is 11.1 Å². The molecular formula is C17H20N2OS. The maximum Gasteiger partial charge on any atom is 0.234 e. The Balaban J connectivity index is 1.86. The standard InChI is InChI=1S/C17H20N2OS/c1-12(2)13-6-8-16(9-7-13)21-11-17(20)19-15-5-3-4-14(18)10-15/h3-10,12H,11,18H2,1-2H3,(H,19,20). The average Bonchev–Trinajstić information content (AvgIpc) is 2.45. The first-order valence-corrected chi connectivity index (χ1v) is 7.91. The molecule has 0 heterocycles. The second-order valence-electron chi connectivity index (χ2n) is 5.19. The van der Waals surface area contributed by atoms with Gasteiger partial charge in [-0.3, -0.25) is 4.79 Å². The molecule has 0 fully saturated rings. The molecule has 3 nitrogen and oxygen atoms in total. The van der Waals surface area contributed by atoms with Crippen LogP contribution >= 0.6 is 11.8 Å². The zero-order valence-corrected chi connectivity index (χ0v) is 13.1. The summed E-state index contributed by atoms with van der Waals surface area (Å²) in [7, 11) is 0. The topological polar surface area (TPSA) is 55.1 Å². The van der Waals surface area contributed by atoms with Crippen molar-refractivity contribution in [3.05, 3.63) is 54.1 Å². The summed E-state index contributed by atoms with van der Waals surface area (Å²) in [5.41, 5.74) is 8.37. The number of amides is 1. The Labute approximate surface area is 129 Å². The molecule has 21 heavy (non-hydrogen) atoms. The van der Waals surface area contributed by atoms with Crippen molar-refractivity contribution in [3.8, 4) is 0 Å². The van der Waals surface area contributed by atoms with Gasteiger partial charge in [0.2, 0.25) is 5.91 Å². The first-order valence-electron chi connectivity index (χ1n) is 6.93. The first kappa shape index (κ1) is 15.4. The van der Waals surface area contributed by atoms with Gasteiger partial charge >= 0.3 is 0 Å². The summed E-state index contributed by atoms with van der Waals surface area (Å²) in [5.74, 6) is 0.880. The molecular weight excluding hydrogens is 280 g/mol. The Morgan fingerprint density at radius 3 is 2.52 bits per heavy atom. The van der Waals surface area contributed by atoms with E-state index in [-0.39, 0.29) is 5.91 Å². The minimum atomic E-state index is -0.0291. The fraction of sp³-hybridized carbons (Fsp3) is 0.235. The number of rotatable bonds is 5. The van der Waals surface area contributed by atoms with Crippen LogP contribution < -0.4 is 11.1 Å². The molecule has 0 spiro atoms. The molecule has 4 heteroatoms. The molecule has 0 atom stereocenters. The number of hydrogen-bond donors (Lipinski definition) is 2. The zero-order chi connectivity index (χ0) is 15.2. The lowest BCUT2D eigenvalue weighted by Gasteiger charge is -2.08. The quantitative estimate of drug-likeness (QED) is 0.645. The lowest BCUT2D eigenvalue weighted by molar-refractivity contribution is -0.113. The Morgan fingerprint density at radius 2 is 1.90 bits per heavy atom. The largest absolute Gasteiger partial charge is 0.399 e. The SMILES string of the molecule is CC(C)c1ccc(SCC(=O)Nc2cccc(N)c2)cc1. The molecule has 2 aromatic rings. The van der Waals surface area contributed by atoms with Gasteiger partial charge in [-0.15, -0.1) is 11.8 Å². The summed E-state index contributed by atoms with van der Waals surface area (Å²) < 4.78 is 0. The predicted molar refractivity (Wildman–Crippen MR) is 90.7 cm³/mol. The van der Waals surface area contributed by atoms with E-state index in [0.29, 0.717) is 17.4 Å². The first-order chi connectivity index (χ1) is 10.0. The van der Waals surface area contributed by atoms with Crippen LogP contribution in [0.2, 0.25) is 0 Å². The zero-order valence-electron chi connectivity index (χ0n) is 12.3. The van der Waals surface area contributed by atoms with Crippen molar-refractivity contribution in [2.75, 3.05) is 16.8 Å². The average molecular weight is 300 g/mol. The van der Waals surface area contributed by atoms with E-state index >= 15 is 0 Å². The van der Waals surface area contributed by atoms with Gasteiger partial charge in [0.05, 0.1) is 5.75 Å². The molecule has 2 aromatic carbocycles. The fourth-order valence-electron chi connectivity index (χ4n) is 1.91. The Morgan fingerprint density at radius 1 is 1.19 bits per heavy atom. The van der Waals surface area contributed by atoms with Gasteiger partial charge in [0.25, 0.3) is 0 Å². The number of nitrogens with one attached hydrogen (secondary N) is 1. The highest BCUT2D eigenvalue weighted by Gasteiger charge is 2.05. The van der Waals surface area contributed by atoms with Gasteiger partial charge in [-0.25, -0.2) is 0 Å². The third-order valence-corrected chi connectivity index (χ3v) is 4.10. The van der Waals surface area contributed by atoms with Crippen LogP contribution in [0.4, 0.5) is 11.4 Å². The minimum Gasteiger partial charge on any atom is -0.399 e. The van der Waals surface area contributed by atoms with Crippen molar-refractivity contribution < 1.29 is 4.79 Å². The maximum atomic E-state index is 11.9. The van der Waals surface area contributed by atoms with Gasteiger partial charge in [-0.1, -0.05) is 32.0 Å². The van der Waals surface area contributed by atoms with E-state index in [1.54, 1.807) is 12.1 Å². The van der Waals surface area contributed by atoms with Gasteiger partial charge in [0, 0.05) is 16.3 Å². The number of anilines is 2. The summed E-state index contributed by atoms with van der Waals surface area (Å²) >= 11 is 1.53. The van der Waals surface area contributed by atoms with Crippen LogP contribution in [0.1, 0.15) is 25.3 Å². The molecule has 0 aliphatic carbocycles. The second kappa shape index (κ2) is 7.18. The summed E-state index contributed by atoms with van der Waals surface area (Å²) in [6.45, 7) is 4.34. The Bertz CT molecular complexity index is 608. The molecule has 0 saturated carbocycles. The smallest absolute Gasteiger partial charge is 0.234 e. The maximum absolute atomic E-state index is 11.9. The number of thioether (sulfide) groups is 1. The van der Waals surface area contributed by atoms with Gasteiger partial charge in [0.1, 0.15) is 0 Å². The number of carbonyl (C=O) groups excluding carboxylic acids is 1. The second-order valence-corrected chi connectivity index (χ2v) is 6.23. The molecule has 0 radical (unpaired) electrons. The van der Waals surface area contributed by atoms with E-state index < -0.39 is 0 Å². The normalized spacial score (nSPS) is 10.6. The third kappa shape index (κ3) is 4.83. The van der Waals surface area contributed by atoms with E-state index in [4.69, 9.17) is 5.73 Å². The van der Waals surface area contributed by atoms with Crippen LogP contribution in [0.15, 0.2) is 53.4 Å². The Hall–Kier alpha value is -1.94. The number of nitrogens with two attached hydrogens (primary N) is 1. The van der Waals surface area contributed by atoms with Crippen LogP contribution in [0.5, 0.6) is 0 Å². The van der Waals surface area contributed by atoms with Crippen LogP contribution in [0.25, 0.3) is 0 Å². The predicted octanol–water partition coefficient (Wildman–Crippen LogP) is 4.12. The molecule has 0 aliphatic rings. The molecule has 1 amide bonds. The molecule has 110 valence electrons. The van der Waals surface area contributed by atoms with Crippen LogP contribution in [-0.4, -0.2) is 11.7 Å². The summed E-state index contributed by atoms with van der Waals surface area (Å²) in [4.78, 5) is 13.0. The fourth-order valence-corrected chi connectivity index (χ4v) is 2.61. The van der Waals surface area contributed by atoms with Crippen molar-refractivity contribution in [3.63, 3.8) is 0 Å². The highest BCUT2D eigenvalue weighted by atomic mass is 32.2. The van der Waals surface area contributed by atoms with Gasteiger partial charge in [-0.2, -0.15) is 0 Å². The Kier molecular flexibility index (Phi) is 5.28. The molecule has 0 saturated heterocycles. The van der Waals surface area contributed by atoms with E-state index in [2.05, 4.69) is 43.4 Å². The van der Waals surface area contributed by atoms with Crippen molar-refractivity contribution in [2.24, 2.45) is 0 Å². The molecule has 0 aliphatic heterocycles. The number of carbonyl (C=O) groups is 1.